The topological polar surface area (TPSA) is 64.6 Å². The number of carbonyl (C=O) groups is 1. The van der Waals surface area contributed by atoms with E-state index in [-0.39, 0.29) is 30.4 Å². The van der Waals surface area contributed by atoms with E-state index in [1.807, 2.05) is 6.92 Å². The number of piperidine rings is 1. The Labute approximate surface area is 130 Å². The zero-order valence-electron chi connectivity index (χ0n) is 13.1. The predicted octanol–water partition coefficient (Wildman–Crippen LogP) is 1.18. The number of anilines is 1. The number of nitrogens with one attached hydrogen (secondary N) is 2. The van der Waals surface area contributed by atoms with Crippen molar-refractivity contribution in [1.82, 2.24) is 10.6 Å². The molecule has 1 heterocycles. The molecule has 22 heavy (non-hydrogen) atoms. The number of hydrogen-bond acceptors (Lipinski definition) is 4. The third-order valence-corrected chi connectivity index (χ3v) is 3.98. The molecule has 0 saturated carbocycles. The Kier molecular flexibility index (Phi) is 5.74. The first kappa shape index (κ1) is 16.7. The molecule has 6 heteroatoms. The lowest BCUT2D eigenvalue weighted by molar-refractivity contribution is -0.120. The summed E-state index contributed by atoms with van der Waals surface area (Å²) < 4.78 is 13.6. The fourth-order valence-corrected chi connectivity index (χ4v) is 2.80. The Morgan fingerprint density at radius 2 is 2.14 bits per heavy atom. The molecule has 5 nitrogen and oxygen atoms in total. The van der Waals surface area contributed by atoms with E-state index in [0.29, 0.717) is 12.8 Å². The maximum Gasteiger partial charge on any atom is 0.234 e. The first-order valence-electron chi connectivity index (χ1n) is 7.67. The van der Waals surface area contributed by atoms with Crippen molar-refractivity contribution in [1.29, 1.82) is 0 Å². The lowest BCUT2D eigenvalue weighted by Crippen LogP contribution is -2.38. The fraction of sp³-hybridized carbons (Fsp3) is 0.562. The van der Waals surface area contributed by atoms with E-state index in [4.69, 9.17) is 0 Å². The number of hydrogen-bond donors (Lipinski definition) is 3. The summed E-state index contributed by atoms with van der Waals surface area (Å²) in [7, 11) is 1.71. The van der Waals surface area contributed by atoms with Gasteiger partial charge in [-0.05, 0) is 45.0 Å². The summed E-state index contributed by atoms with van der Waals surface area (Å²) in [6.07, 6.45) is 1.15. The Morgan fingerprint density at radius 1 is 1.45 bits per heavy atom. The normalized spacial score (nSPS) is 17.4. The van der Waals surface area contributed by atoms with Gasteiger partial charge < -0.3 is 20.6 Å². The van der Waals surface area contributed by atoms with Crippen LogP contribution in [0.1, 0.15) is 31.4 Å². The molecule has 0 unspecified atom stereocenters. The van der Waals surface area contributed by atoms with Crippen LogP contribution in [0.3, 0.4) is 0 Å². The zero-order chi connectivity index (χ0) is 16.1. The van der Waals surface area contributed by atoms with Crippen molar-refractivity contribution in [3.8, 4) is 0 Å². The van der Waals surface area contributed by atoms with Crippen molar-refractivity contribution in [2.24, 2.45) is 0 Å². The van der Waals surface area contributed by atoms with Crippen LogP contribution < -0.4 is 15.5 Å². The number of amides is 1. The molecule has 0 radical (unpaired) electrons. The molecule has 3 N–H and O–H groups in total. The smallest absolute Gasteiger partial charge is 0.234 e. The molecule has 2 rings (SSSR count). The van der Waals surface area contributed by atoms with Crippen molar-refractivity contribution in [2.45, 2.75) is 31.9 Å². The van der Waals surface area contributed by atoms with Crippen LogP contribution >= 0.6 is 0 Å². The van der Waals surface area contributed by atoms with Crippen molar-refractivity contribution < 1.29 is 14.3 Å². The van der Waals surface area contributed by atoms with E-state index in [9.17, 15) is 14.3 Å². The van der Waals surface area contributed by atoms with Crippen LogP contribution in [0.15, 0.2) is 18.2 Å². The summed E-state index contributed by atoms with van der Waals surface area (Å²) in [6.45, 7) is 3.55. The van der Waals surface area contributed by atoms with Crippen molar-refractivity contribution in [2.75, 3.05) is 31.6 Å². The average Bonchev–Trinajstić information content (AvgIpc) is 2.48. The number of benzene rings is 1. The van der Waals surface area contributed by atoms with Crippen LogP contribution in [-0.2, 0) is 4.79 Å². The van der Waals surface area contributed by atoms with Crippen LogP contribution in [-0.4, -0.2) is 43.8 Å². The van der Waals surface area contributed by atoms with Crippen LogP contribution in [0.4, 0.5) is 10.1 Å². The minimum Gasteiger partial charge on any atom is -0.393 e. The highest BCUT2D eigenvalue weighted by atomic mass is 19.1. The highest BCUT2D eigenvalue weighted by Crippen LogP contribution is 2.29. The van der Waals surface area contributed by atoms with Gasteiger partial charge in [-0.3, -0.25) is 4.79 Å². The van der Waals surface area contributed by atoms with Gasteiger partial charge in [0.25, 0.3) is 0 Å². The maximum absolute atomic E-state index is 13.6. The lowest BCUT2D eigenvalue weighted by atomic mass is 10.0. The number of carbonyl (C=O) groups excluding carboxylic acids is 1. The van der Waals surface area contributed by atoms with E-state index in [1.54, 1.807) is 13.1 Å². The van der Waals surface area contributed by atoms with Gasteiger partial charge in [0, 0.05) is 24.3 Å². The van der Waals surface area contributed by atoms with Crippen LogP contribution in [0.5, 0.6) is 0 Å². The van der Waals surface area contributed by atoms with Crippen molar-refractivity contribution >= 4 is 11.6 Å². The lowest BCUT2D eigenvalue weighted by Gasteiger charge is -2.34. The highest BCUT2D eigenvalue weighted by Gasteiger charge is 2.22. The first-order chi connectivity index (χ1) is 10.5. The van der Waals surface area contributed by atoms with E-state index in [2.05, 4.69) is 15.5 Å². The van der Waals surface area contributed by atoms with Gasteiger partial charge in [-0.15, -0.1) is 0 Å². The number of aliphatic hydroxyl groups excluding tert-OH is 1. The third-order valence-electron chi connectivity index (χ3n) is 3.98. The SMILES string of the molecule is CNCC(=O)N[C@H](C)c1cc(F)ccc1N1CCC(O)CC1. The van der Waals surface area contributed by atoms with Gasteiger partial charge in [-0.1, -0.05) is 0 Å². The number of rotatable bonds is 5. The summed E-state index contributed by atoms with van der Waals surface area (Å²) in [5, 5.41) is 15.3. The molecule has 1 amide bonds. The molecule has 0 bridgehead atoms. The fourth-order valence-electron chi connectivity index (χ4n) is 2.80. The molecule has 1 saturated heterocycles. The highest BCUT2D eigenvalue weighted by molar-refractivity contribution is 5.78. The molecular formula is C16H24FN3O2. The van der Waals surface area contributed by atoms with Gasteiger partial charge in [0.2, 0.25) is 5.91 Å². The summed E-state index contributed by atoms with van der Waals surface area (Å²) >= 11 is 0. The quantitative estimate of drug-likeness (QED) is 0.764. The molecule has 1 fully saturated rings. The molecular weight excluding hydrogens is 285 g/mol. The maximum atomic E-state index is 13.6. The second kappa shape index (κ2) is 7.56. The molecule has 1 aliphatic heterocycles. The van der Waals surface area contributed by atoms with E-state index >= 15 is 0 Å². The van der Waals surface area contributed by atoms with Crippen LogP contribution in [0.2, 0.25) is 0 Å². The Bertz CT molecular complexity index is 516. The molecule has 0 aliphatic carbocycles. The van der Waals surface area contributed by atoms with E-state index < -0.39 is 0 Å². The minimum absolute atomic E-state index is 0.126. The Morgan fingerprint density at radius 3 is 2.77 bits per heavy atom. The van der Waals surface area contributed by atoms with Crippen LogP contribution in [0, 0.1) is 5.82 Å². The molecule has 1 aromatic rings. The number of halogens is 1. The number of likely N-dealkylation sites (N-methyl/N-ethyl adjacent to an activating group) is 1. The van der Waals surface area contributed by atoms with Gasteiger partial charge in [-0.25, -0.2) is 4.39 Å². The number of aliphatic hydroxyl groups is 1. The van der Waals surface area contributed by atoms with Gasteiger partial charge in [0.15, 0.2) is 0 Å². The summed E-state index contributed by atoms with van der Waals surface area (Å²) in [5.74, 6) is -0.440. The molecule has 1 aromatic carbocycles. The predicted molar refractivity (Wildman–Crippen MR) is 84.3 cm³/mol. The Balaban J connectivity index is 2.18. The minimum atomic E-state index is -0.314. The standard InChI is InChI=1S/C16H24FN3O2/c1-11(19-16(22)10-18-2)14-9-12(17)3-4-15(14)20-7-5-13(21)6-8-20/h3-4,9,11,13,18,21H,5-8,10H2,1-2H3,(H,19,22)/t11-/m1/s1. The molecule has 1 atom stereocenters. The summed E-state index contributed by atoms with van der Waals surface area (Å²) in [4.78, 5) is 13.9. The van der Waals surface area contributed by atoms with E-state index in [1.165, 1.54) is 12.1 Å². The molecule has 1 aliphatic rings. The zero-order valence-corrected chi connectivity index (χ0v) is 13.1. The first-order valence-corrected chi connectivity index (χ1v) is 7.67. The largest absolute Gasteiger partial charge is 0.393 e. The molecule has 122 valence electrons. The molecule has 0 aromatic heterocycles. The van der Waals surface area contributed by atoms with Gasteiger partial charge in [0.05, 0.1) is 18.7 Å². The molecule has 0 spiro atoms. The van der Waals surface area contributed by atoms with Crippen molar-refractivity contribution in [3.63, 3.8) is 0 Å². The number of nitrogens with zero attached hydrogens (tertiary/aromatic N) is 1. The van der Waals surface area contributed by atoms with E-state index in [0.717, 1.165) is 24.3 Å². The van der Waals surface area contributed by atoms with Crippen molar-refractivity contribution in [3.05, 3.63) is 29.6 Å². The van der Waals surface area contributed by atoms with Gasteiger partial charge >= 0.3 is 0 Å². The summed E-state index contributed by atoms with van der Waals surface area (Å²) in [6, 6.07) is 4.39. The average molecular weight is 309 g/mol. The van der Waals surface area contributed by atoms with Crippen LogP contribution in [0.25, 0.3) is 0 Å². The second-order valence-corrected chi connectivity index (χ2v) is 5.74. The Hall–Kier alpha value is -1.66. The van der Waals surface area contributed by atoms with Gasteiger partial charge in [0.1, 0.15) is 5.82 Å². The summed E-state index contributed by atoms with van der Waals surface area (Å²) in [5.41, 5.74) is 1.69. The monoisotopic (exact) mass is 309 g/mol. The second-order valence-electron chi connectivity index (χ2n) is 5.74. The third kappa shape index (κ3) is 4.18. The van der Waals surface area contributed by atoms with Gasteiger partial charge in [-0.2, -0.15) is 0 Å².